The summed E-state index contributed by atoms with van der Waals surface area (Å²) >= 11 is 0. The average molecular weight is 1670 g/mol. The molecule has 0 aromatic carbocycles. The molecular formula is C99H166O16P2. The molecule has 0 amide bonds. The number of hydrogen-bond acceptors (Lipinski definition) is 14. The summed E-state index contributed by atoms with van der Waals surface area (Å²) in [5.74, 6) is -1.61. The van der Waals surface area contributed by atoms with Gasteiger partial charge in [0.1, 0.15) is 25.4 Å². The van der Waals surface area contributed by atoms with Gasteiger partial charge in [-0.05, 0) is 161 Å². The zero-order valence-corrected chi connectivity index (χ0v) is 75.4. The maximum Gasteiger partial charge on any atom is 0.472 e. The minimum atomic E-state index is -4.95. The van der Waals surface area contributed by atoms with Crippen molar-refractivity contribution in [3.05, 3.63) is 182 Å². The van der Waals surface area contributed by atoms with Crippen LogP contribution in [0.1, 0.15) is 367 Å². The quantitative estimate of drug-likeness (QED) is 0.0146. The number of rotatable bonds is 86. The van der Waals surface area contributed by atoms with Crippen molar-refractivity contribution in [1.29, 1.82) is 0 Å². The lowest BCUT2D eigenvalue weighted by Gasteiger charge is -2.21. The second-order valence-electron chi connectivity index (χ2n) is 30.3. The van der Waals surface area contributed by atoms with Gasteiger partial charge in [0.15, 0.2) is 6.10 Å². The number of unbranched alkanes of at least 4 members (excludes halogenated alkanes) is 33. The lowest BCUT2D eigenvalue weighted by Crippen LogP contribution is -2.30. The molecule has 0 saturated carbocycles. The zero-order valence-electron chi connectivity index (χ0n) is 73.6. The second-order valence-corrected chi connectivity index (χ2v) is 33.2. The standard InChI is InChI=1S/C99H166O16P2/c1-4-7-10-13-16-19-22-25-28-31-34-37-39-41-42-43-44-45-46-47-48-49-50-52-54-56-58-61-64-67-70-73-76-79-82-85-97(102)109-88-94(100)89-111-116(105,106)112-90-95(101)91-113-117(107,108)114-93-96(115-99(104)87-84-81-78-75-72-69-66-63-60-55-36-33-30-27-24-21-18-15-12-9-6-3)92-110-98(103)86-83-80-77-74-71-68-65-62-59-57-53-51-40-38-35-32-29-26-23-20-17-14-11-8-5-2/h7-8,10-11,16-21,25-30,34-38,41-42,51,53,55,59,62-63,66,94-96,100-101H,4-6,9,12-15,22-24,31-33,39-40,43-50,52,54,56-58,60-61,64-65,67-93H2,1-3H3,(H,105,106)(H,107,108)/b10-7-,11-8-,19-16-,20-17-,21-18-,28-25-,29-26-,30-27-,37-34-,38-35-,42-41-,53-51-,55-36-,62-59-,66-63-. The molecule has 0 aromatic heterocycles. The fourth-order valence-corrected chi connectivity index (χ4v) is 13.8. The molecule has 0 aliphatic heterocycles. The molecule has 0 saturated heterocycles. The van der Waals surface area contributed by atoms with Crippen LogP contribution in [0.3, 0.4) is 0 Å². The minimum Gasteiger partial charge on any atom is -0.463 e. The number of hydrogen-bond donors (Lipinski definition) is 4. The average Bonchev–Trinajstić information content (AvgIpc) is 0.901. The number of phosphoric acid groups is 2. The third-order valence-corrected chi connectivity index (χ3v) is 21.0. The van der Waals surface area contributed by atoms with Crippen LogP contribution < -0.4 is 0 Å². The lowest BCUT2D eigenvalue weighted by molar-refractivity contribution is -0.161. The van der Waals surface area contributed by atoms with E-state index in [0.29, 0.717) is 19.3 Å². The van der Waals surface area contributed by atoms with Crippen LogP contribution in [0.4, 0.5) is 0 Å². The summed E-state index contributed by atoms with van der Waals surface area (Å²) in [5.41, 5.74) is 0. The molecule has 18 heteroatoms. The van der Waals surface area contributed by atoms with E-state index in [1.54, 1.807) is 0 Å². The van der Waals surface area contributed by atoms with E-state index in [9.17, 15) is 43.5 Å². The van der Waals surface area contributed by atoms with Crippen LogP contribution in [0.15, 0.2) is 182 Å². The highest BCUT2D eigenvalue weighted by molar-refractivity contribution is 7.47. The van der Waals surface area contributed by atoms with E-state index < -0.39 is 91.5 Å². The van der Waals surface area contributed by atoms with Crippen molar-refractivity contribution in [1.82, 2.24) is 0 Å². The van der Waals surface area contributed by atoms with Gasteiger partial charge in [0, 0.05) is 19.3 Å². The Morgan fingerprint density at radius 2 is 0.453 bits per heavy atom. The van der Waals surface area contributed by atoms with E-state index in [4.69, 9.17) is 32.3 Å². The first-order chi connectivity index (χ1) is 57.2. The van der Waals surface area contributed by atoms with E-state index in [-0.39, 0.29) is 19.3 Å². The van der Waals surface area contributed by atoms with Gasteiger partial charge in [-0.15, -0.1) is 0 Å². The minimum absolute atomic E-state index is 0.0743. The van der Waals surface area contributed by atoms with Gasteiger partial charge in [-0.25, -0.2) is 9.13 Å². The Hall–Kier alpha value is -5.35. The predicted octanol–water partition coefficient (Wildman–Crippen LogP) is 28.4. The maximum absolute atomic E-state index is 13.1. The monoisotopic (exact) mass is 1670 g/mol. The van der Waals surface area contributed by atoms with Crippen molar-refractivity contribution in [2.45, 2.75) is 386 Å². The molecule has 0 radical (unpaired) electrons. The van der Waals surface area contributed by atoms with Crippen molar-refractivity contribution >= 4 is 33.6 Å². The summed E-state index contributed by atoms with van der Waals surface area (Å²) in [5, 5.41) is 20.7. The highest BCUT2D eigenvalue weighted by atomic mass is 31.2. The first kappa shape index (κ1) is 112. The number of carbonyl (C=O) groups excluding carboxylic acids is 3. The summed E-state index contributed by atoms with van der Waals surface area (Å²) in [6.07, 6.45) is 118. The largest absolute Gasteiger partial charge is 0.472 e. The molecule has 5 unspecified atom stereocenters. The topological polar surface area (TPSA) is 231 Å². The second kappa shape index (κ2) is 89.9. The van der Waals surface area contributed by atoms with Crippen molar-refractivity contribution in [3.8, 4) is 0 Å². The molecule has 117 heavy (non-hydrogen) atoms. The Morgan fingerprint density at radius 3 is 0.718 bits per heavy atom. The fraction of sp³-hybridized carbons (Fsp3) is 0.667. The van der Waals surface area contributed by atoms with Crippen LogP contribution in [0.25, 0.3) is 0 Å². The molecule has 0 aliphatic carbocycles. The smallest absolute Gasteiger partial charge is 0.463 e. The number of aliphatic hydroxyl groups is 2. The van der Waals surface area contributed by atoms with Gasteiger partial charge in [-0.1, -0.05) is 370 Å². The lowest BCUT2D eigenvalue weighted by atomic mass is 10.0. The van der Waals surface area contributed by atoms with Crippen LogP contribution in [0, 0.1) is 0 Å². The van der Waals surface area contributed by atoms with Crippen molar-refractivity contribution in [2.75, 3.05) is 39.6 Å². The SMILES string of the molecule is CC/C=C\C/C=C\C/C=C\C/C=C\C/C=C\C/C=C\CCCCCCCCC(=O)OCC(COP(=O)(O)OCC(O)COP(=O)(O)OCC(O)COC(=O)CCCCCCCCCCCCCCCCCCCCC/C=C\C/C=C\C/C=C\C/C=C\C/C=C\CC)OC(=O)CCCCCCC/C=C\C/C=C\C/C=C\C/C=C\CCCCC. The Balaban J connectivity index is 4.56. The van der Waals surface area contributed by atoms with Gasteiger partial charge >= 0.3 is 33.6 Å². The molecular weight excluding hydrogens is 1510 g/mol. The van der Waals surface area contributed by atoms with Crippen LogP contribution in [0.5, 0.6) is 0 Å². The van der Waals surface area contributed by atoms with Gasteiger partial charge in [0.05, 0.1) is 26.4 Å². The van der Waals surface area contributed by atoms with Crippen LogP contribution in [-0.2, 0) is 55.8 Å². The molecule has 0 spiro atoms. The summed E-state index contributed by atoms with van der Waals surface area (Å²) in [7, 11) is -9.82. The van der Waals surface area contributed by atoms with Gasteiger partial charge in [0.25, 0.3) is 0 Å². The summed E-state index contributed by atoms with van der Waals surface area (Å²) in [6.45, 7) is 2.42. The predicted molar refractivity (Wildman–Crippen MR) is 491 cm³/mol. The van der Waals surface area contributed by atoms with Crippen LogP contribution in [0.2, 0.25) is 0 Å². The summed E-state index contributed by atoms with van der Waals surface area (Å²) in [6, 6.07) is 0. The van der Waals surface area contributed by atoms with Crippen molar-refractivity contribution < 1.29 is 75.8 Å². The maximum atomic E-state index is 13.1. The summed E-state index contributed by atoms with van der Waals surface area (Å²) in [4.78, 5) is 59.0. The molecule has 0 aliphatic rings. The van der Waals surface area contributed by atoms with Crippen LogP contribution in [-0.4, -0.2) is 95.9 Å². The van der Waals surface area contributed by atoms with Gasteiger partial charge in [-0.3, -0.25) is 32.5 Å². The number of esters is 3. The number of carbonyl (C=O) groups is 3. The molecule has 0 bridgehead atoms. The van der Waals surface area contributed by atoms with E-state index in [2.05, 4.69) is 203 Å². The first-order valence-corrected chi connectivity index (χ1v) is 49.1. The Bertz CT molecular complexity index is 2860. The fourth-order valence-electron chi connectivity index (χ4n) is 12.2. The van der Waals surface area contributed by atoms with E-state index >= 15 is 0 Å². The highest BCUT2D eigenvalue weighted by Gasteiger charge is 2.29. The molecule has 0 rings (SSSR count). The molecule has 0 aromatic rings. The van der Waals surface area contributed by atoms with Crippen molar-refractivity contribution in [3.63, 3.8) is 0 Å². The highest BCUT2D eigenvalue weighted by Crippen LogP contribution is 2.45. The number of aliphatic hydroxyl groups excluding tert-OH is 2. The Morgan fingerprint density at radius 1 is 0.248 bits per heavy atom. The van der Waals surface area contributed by atoms with Gasteiger partial charge in [0.2, 0.25) is 0 Å². The number of ether oxygens (including phenoxy) is 3. The molecule has 16 nitrogen and oxygen atoms in total. The van der Waals surface area contributed by atoms with Gasteiger partial charge in [-0.2, -0.15) is 0 Å². The Kier molecular flexibility index (Phi) is 85.8. The van der Waals surface area contributed by atoms with E-state index in [0.717, 1.165) is 186 Å². The molecule has 0 heterocycles. The third kappa shape index (κ3) is 91.2. The molecule has 4 N–H and O–H groups in total. The number of phosphoric ester groups is 2. The molecule has 5 atom stereocenters. The van der Waals surface area contributed by atoms with E-state index in [1.165, 1.54) is 122 Å². The van der Waals surface area contributed by atoms with Gasteiger partial charge < -0.3 is 34.2 Å². The number of allylic oxidation sites excluding steroid dienone is 30. The molecule has 0 fully saturated rings. The van der Waals surface area contributed by atoms with Crippen LogP contribution >= 0.6 is 15.6 Å². The Labute approximate surface area is 713 Å². The summed E-state index contributed by atoms with van der Waals surface area (Å²) < 4.78 is 61.4. The first-order valence-electron chi connectivity index (χ1n) is 46.1. The molecule has 668 valence electrons. The third-order valence-electron chi connectivity index (χ3n) is 19.1. The normalized spacial score (nSPS) is 14.6. The van der Waals surface area contributed by atoms with E-state index in [1.807, 2.05) is 0 Å². The zero-order chi connectivity index (χ0) is 85.1. The van der Waals surface area contributed by atoms with Crippen molar-refractivity contribution in [2.24, 2.45) is 0 Å².